The van der Waals surface area contributed by atoms with Gasteiger partial charge in [-0.15, -0.1) is 0 Å². The lowest BCUT2D eigenvalue weighted by Crippen LogP contribution is -2.55. The summed E-state index contributed by atoms with van der Waals surface area (Å²) in [6.07, 6.45) is 8.88. The number of unbranched alkanes of at least 4 members (excludes halogenated alkanes) is 3. The van der Waals surface area contributed by atoms with Crippen LogP contribution in [0.3, 0.4) is 0 Å². The zero-order valence-corrected chi connectivity index (χ0v) is 17.9. The number of imide groups is 1. The van der Waals surface area contributed by atoms with Gasteiger partial charge in [-0.05, 0) is 51.4 Å². The molecule has 1 aliphatic heterocycles. The normalized spacial score (nSPS) is 16.2. The van der Waals surface area contributed by atoms with E-state index in [1.807, 2.05) is 6.92 Å². The van der Waals surface area contributed by atoms with E-state index >= 15 is 0 Å². The third-order valence-electron chi connectivity index (χ3n) is 4.94. The first-order valence-electron chi connectivity index (χ1n) is 10.6. The first kappa shape index (κ1) is 25.9. The lowest BCUT2D eigenvalue weighted by atomic mass is 10.1. The quantitative estimate of drug-likeness (QED) is 0.285. The maximum Gasteiger partial charge on any atom is 0.329 e. The highest BCUT2D eigenvalue weighted by Gasteiger charge is 2.33. The topological polar surface area (TPSA) is 141 Å². The molecule has 0 saturated carbocycles. The van der Waals surface area contributed by atoms with Crippen molar-refractivity contribution in [3.63, 3.8) is 0 Å². The fourth-order valence-electron chi connectivity index (χ4n) is 3.30. The molecule has 0 aromatic carbocycles. The van der Waals surface area contributed by atoms with Crippen molar-refractivity contribution < 1.29 is 24.0 Å². The van der Waals surface area contributed by atoms with Crippen LogP contribution < -0.4 is 5.32 Å². The molecule has 1 fully saturated rings. The molecule has 4 amide bonds. The molecular weight excluding hydrogens is 404 g/mol. The number of nitrogens with zero attached hydrogens (tertiary/aromatic N) is 5. The summed E-state index contributed by atoms with van der Waals surface area (Å²) in [6, 6.07) is -1.23. The molecule has 1 rings (SSSR count). The van der Waals surface area contributed by atoms with Crippen LogP contribution in [0.4, 0.5) is 9.59 Å². The summed E-state index contributed by atoms with van der Waals surface area (Å²) in [4.78, 5) is 70.9. The summed E-state index contributed by atoms with van der Waals surface area (Å²) < 4.78 is 0. The van der Waals surface area contributed by atoms with E-state index < -0.39 is 24.4 Å². The van der Waals surface area contributed by atoms with E-state index in [0.29, 0.717) is 45.2 Å². The Morgan fingerprint density at radius 3 is 2.58 bits per heavy atom. The van der Waals surface area contributed by atoms with E-state index in [2.05, 4.69) is 20.3 Å². The molecule has 170 valence electrons. The summed E-state index contributed by atoms with van der Waals surface area (Å²) in [5.74, 6) is 0. The van der Waals surface area contributed by atoms with Crippen LogP contribution in [0.25, 0.3) is 0 Å². The predicted octanol–water partition coefficient (Wildman–Crippen LogP) is 2.62. The Balaban J connectivity index is 2.92. The Morgan fingerprint density at radius 1 is 1.10 bits per heavy atom. The van der Waals surface area contributed by atoms with Crippen LogP contribution in [-0.4, -0.2) is 72.1 Å². The molecule has 0 bridgehead atoms. The Morgan fingerprint density at radius 2 is 1.90 bits per heavy atom. The zero-order chi connectivity index (χ0) is 22.9. The molecule has 2 atom stereocenters. The molecule has 1 heterocycles. The highest BCUT2D eigenvalue weighted by Crippen LogP contribution is 2.20. The Bertz CT molecular complexity index is 726. The highest BCUT2D eigenvalue weighted by atomic mass is 16.2. The van der Waals surface area contributed by atoms with E-state index in [0.717, 1.165) is 30.6 Å². The molecule has 1 saturated heterocycles. The molecule has 1 aliphatic rings. The van der Waals surface area contributed by atoms with Crippen molar-refractivity contribution >= 4 is 30.3 Å². The minimum Gasteiger partial charge on any atom is -0.315 e. The van der Waals surface area contributed by atoms with Crippen molar-refractivity contribution in [2.24, 2.45) is 15.0 Å². The van der Waals surface area contributed by atoms with Gasteiger partial charge < -0.3 is 10.2 Å². The number of carbonyl (C=O) groups excluding carboxylic acids is 5. The number of nitrogens with one attached hydrogen (secondary N) is 1. The Labute approximate surface area is 181 Å². The van der Waals surface area contributed by atoms with Crippen LogP contribution in [0.2, 0.25) is 0 Å². The standard InChI is InChI=1S/C20H30N6O5/c1-2-3-9-17(22-15-28)24-19(30)26(13-7-4-6-11-21-14-27)20(31)25-12-8-5-10-18(25)23-16-29/h17-18H,2-13H2,1H3,(H,24,30). The second-order valence-electron chi connectivity index (χ2n) is 7.19. The van der Waals surface area contributed by atoms with Crippen LogP contribution >= 0.6 is 0 Å². The fraction of sp³-hybridized carbons (Fsp3) is 0.750. The van der Waals surface area contributed by atoms with Gasteiger partial charge in [0.2, 0.25) is 18.2 Å². The van der Waals surface area contributed by atoms with Crippen LogP contribution in [0.15, 0.2) is 15.0 Å². The number of rotatable bonds is 12. The van der Waals surface area contributed by atoms with E-state index in [4.69, 9.17) is 0 Å². The maximum absolute atomic E-state index is 13.2. The Kier molecular flexibility index (Phi) is 13.1. The third kappa shape index (κ3) is 9.49. The first-order valence-corrected chi connectivity index (χ1v) is 10.6. The first-order chi connectivity index (χ1) is 15.1. The maximum atomic E-state index is 13.2. The number of aliphatic imine (C=N–C) groups is 3. The number of likely N-dealkylation sites (tertiary alicyclic amines) is 1. The van der Waals surface area contributed by atoms with Gasteiger partial charge in [-0.25, -0.2) is 33.9 Å². The second-order valence-corrected chi connectivity index (χ2v) is 7.19. The van der Waals surface area contributed by atoms with E-state index in [-0.39, 0.29) is 6.54 Å². The predicted molar refractivity (Wildman–Crippen MR) is 111 cm³/mol. The van der Waals surface area contributed by atoms with Gasteiger partial charge in [0.25, 0.3) is 0 Å². The fourth-order valence-corrected chi connectivity index (χ4v) is 3.30. The van der Waals surface area contributed by atoms with Gasteiger partial charge in [0, 0.05) is 13.1 Å². The van der Waals surface area contributed by atoms with Crippen molar-refractivity contribution in [3.05, 3.63) is 0 Å². The molecule has 0 radical (unpaired) electrons. The number of urea groups is 2. The van der Waals surface area contributed by atoms with Gasteiger partial charge in [-0.3, -0.25) is 0 Å². The molecule has 11 nitrogen and oxygen atoms in total. The highest BCUT2D eigenvalue weighted by molar-refractivity contribution is 5.94. The largest absolute Gasteiger partial charge is 0.329 e. The van der Waals surface area contributed by atoms with Crippen molar-refractivity contribution in [2.45, 2.75) is 77.0 Å². The average molecular weight is 434 g/mol. The lowest BCUT2D eigenvalue weighted by molar-refractivity contribution is 0.121. The van der Waals surface area contributed by atoms with Gasteiger partial charge in [-0.1, -0.05) is 13.3 Å². The van der Waals surface area contributed by atoms with E-state index in [9.17, 15) is 24.0 Å². The molecule has 2 unspecified atom stereocenters. The molecule has 11 heteroatoms. The van der Waals surface area contributed by atoms with Crippen molar-refractivity contribution in [1.29, 1.82) is 0 Å². The minimum atomic E-state index is -0.771. The lowest BCUT2D eigenvalue weighted by Gasteiger charge is -2.36. The minimum absolute atomic E-state index is 0.120. The number of isocyanates is 3. The van der Waals surface area contributed by atoms with Gasteiger partial charge >= 0.3 is 12.1 Å². The summed E-state index contributed by atoms with van der Waals surface area (Å²) in [5.41, 5.74) is 0. The summed E-state index contributed by atoms with van der Waals surface area (Å²) in [7, 11) is 0. The van der Waals surface area contributed by atoms with Crippen LogP contribution in [0, 0.1) is 0 Å². The monoisotopic (exact) mass is 434 g/mol. The van der Waals surface area contributed by atoms with E-state index in [1.54, 1.807) is 0 Å². The number of carbonyl (C=O) groups is 2. The molecule has 31 heavy (non-hydrogen) atoms. The molecule has 0 spiro atoms. The number of piperidine rings is 1. The van der Waals surface area contributed by atoms with Gasteiger partial charge in [0.05, 0.1) is 6.54 Å². The van der Waals surface area contributed by atoms with Crippen molar-refractivity contribution in [2.75, 3.05) is 19.6 Å². The summed E-state index contributed by atoms with van der Waals surface area (Å²) in [5, 5.41) is 2.61. The van der Waals surface area contributed by atoms with Gasteiger partial charge in [0.1, 0.15) is 12.3 Å². The van der Waals surface area contributed by atoms with Gasteiger partial charge in [-0.2, -0.15) is 9.98 Å². The average Bonchev–Trinajstić information content (AvgIpc) is 2.77. The zero-order valence-electron chi connectivity index (χ0n) is 17.9. The Hall–Kier alpha value is -3.12. The summed E-state index contributed by atoms with van der Waals surface area (Å²) >= 11 is 0. The SMILES string of the molecule is CCCCC(N=C=O)NC(=O)N(CCCCCN=C=O)C(=O)N1CCCCC1N=C=O. The van der Waals surface area contributed by atoms with Crippen molar-refractivity contribution in [1.82, 2.24) is 15.1 Å². The molecule has 0 aromatic rings. The van der Waals surface area contributed by atoms with Crippen LogP contribution in [0.5, 0.6) is 0 Å². The molecular formula is C20H30N6O5. The number of hydrogen-bond acceptors (Lipinski definition) is 8. The molecule has 0 aliphatic carbocycles. The van der Waals surface area contributed by atoms with Crippen LogP contribution in [0.1, 0.15) is 64.7 Å². The smallest absolute Gasteiger partial charge is 0.315 e. The number of hydrogen-bond donors (Lipinski definition) is 1. The van der Waals surface area contributed by atoms with Crippen molar-refractivity contribution in [3.8, 4) is 0 Å². The van der Waals surface area contributed by atoms with Gasteiger partial charge in [0.15, 0.2) is 0 Å². The summed E-state index contributed by atoms with van der Waals surface area (Å²) in [6.45, 7) is 2.80. The second kappa shape index (κ2) is 15.7. The number of amides is 4. The third-order valence-corrected chi connectivity index (χ3v) is 4.94. The molecule has 1 N–H and O–H groups in total. The van der Waals surface area contributed by atoms with E-state index in [1.165, 1.54) is 23.1 Å². The van der Waals surface area contributed by atoms with Crippen LogP contribution in [-0.2, 0) is 14.4 Å². The molecule has 0 aromatic heterocycles.